The molecule has 0 heterocycles. The molecule has 0 unspecified atom stereocenters. The van der Waals surface area contributed by atoms with Crippen molar-refractivity contribution >= 4 is 17.8 Å². The van der Waals surface area contributed by atoms with Crippen LogP contribution in [0.3, 0.4) is 0 Å². The minimum Gasteiger partial charge on any atom is -0.493 e. The van der Waals surface area contributed by atoms with Crippen LogP contribution in [0.4, 0.5) is 10.1 Å². The van der Waals surface area contributed by atoms with Gasteiger partial charge in [-0.3, -0.25) is 4.79 Å². The predicted octanol–water partition coefficient (Wildman–Crippen LogP) is 3.14. The lowest BCUT2D eigenvalue weighted by atomic mass is 10.2. The van der Waals surface area contributed by atoms with Gasteiger partial charge in [0.15, 0.2) is 18.1 Å². The van der Waals surface area contributed by atoms with E-state index in [0.717, 1.165) is 5.56 Å². The number of nitrogens with one attached hydrogen (secondary N) is 1. The molecule has 0 aliphatic rings. The minimum absolute atomic E-state index is 0.292. The van der Waals surface area contributed by atoms with Crippen LogP contribution in [-0.2, 0) is 9.63 Å². The van der Waals surface area contributed by atoms with Crippen LogP contribution in [-0.4, -0.2) is 32.9 Å². The maximum Gasteiger partial charge on any atom is 0.265 e. The van der Waals surface area contributed by atoms with Gasteiger partial charge in [-0.25, -0.2) is 4.39 Å². The van der Waals surface area contributed by atoms with E-state index in [0.29, 0.717) is 22.7 Å². The van der Waals surface area contributed by atoms with E-state index in [1.807, 2.05) is 0 Å². The molecule has 7 heteroatoms. The highest BCUT2D eigenvalue weighted by Crippen LogP contribution is 2.26. The summed E-state index contributed by atoms with van der Waals surface area (Å²) in [6.45, 7) is 1.35. The van der Waals surface area contributed by atoms with Crippen molar-refractivity contribution in [3.8, 4) is 11.5 Å². The van der Waals surface area contributed by atoms with Gasteiger partial charge in [0, 0.05) is 11.3 Å². The van der Waals surface area contributed by atoms with Crippen LogP contribution in [0.15, 0.2) is 41.6 Å². The zero-order valence-corrected chi connectivity index (χ0v) is 14.2. The summed E-state index contributed by atoms with van der Waals surface area (Å²) in [5.41, 5.74) is 1.59. The second-order valence-electron chi connectivity index (χ2n) is 5.13. The first-order valence-electron chi connectivity index (χ1n) is 7.47. The molecule has 1 N–H and O–H groups in total. The van der Waals surface area contributed by atoms with Crippen molar-refractivity contribution in [3.63, 3.8) is 0 Å². The van der Waals surface area contributed by atoms with Crippen molar-refractivity contribution in [1.29, 1.82) is 0 Å². The second-order valence-corrected chi connectivity index (χ2v) is 5.13. The summed E-state index contributed by atoms with van der Waals surface area (Å²) in [5, 5.41) is 6.26. The number of anilines is 1. The van der Waals surface area contributed by atoms with E-state index >= 15 is 0 Å². The van der Waals surface area contributed by atoms with Crippen molar-refractivity contribution in [2.24, 2.45) is 5.16 Å². The number of carbonyl (C=O) groups is 1. The third-order valence-corrected chi connectivity index (χ3v) is 3.34. The van der Waals surface area contributed by atoms with Gasteiger partial charge in [-0.2, -0.15) is 0 Å². The summed E-state index contributed by atoms with van der Waals surface area (Å²) in [4.78, 5) is 16.7. The molecule has 25 heavy (non-hydrogen) atoms. The van der Waals surface area contributed by atoms with Crippen molar-refractivity contribution in [2.75, 3.05) is 26.1 Å². The van der Waals surface area contributed by atoms with Crippen molar-refractivity contribution in [2.45, 2.75) is 6.92 Å². The Bertz CT molecular complexity index is 778. The average Bonchev–Trinajstić information content (AvgIpc) is 2.61. The SMILES string of the molecule is COc1ccc(/C=N\OCC(=O)Nc2ccc(C)c(F)c2)cc1OC. The molecule has 6 nitrogen and oxygen atoms in total. The van der Waals surface area contributed by atoms with Gasteiger partial charge < -0.3 is 19.6 Å². The van der Waals surface area contributed by atoms with Crippen LogP contribution in [0, 0.1) is 12.7 Å². The highest BCUT2D eigenvalue weighted by molar-refractivity contribution is 5.91. The van der Waals surface area contributed by atoms with Gasteiger partial charge >= 0.3 is 0 Å². The third-order valence-electron chi connectivity index (χ3n) is 3.34. The molecule has 132 valence electrons. The summed E-state index contributed by atoms with van der Waals surface area (Å²) in [5.74, 6) is 0.341. The number of nitrogens with zero attached hydrogens (tertiary/aromatic N) is 1. The maximum atomic E-state index is 13.4. The number of oxime groups is 1. The van der Waals surface area contributed by atoms with Crippen molar-refractivity contribution in [3.05, 3.63) is 53.3 Å². The van der Waals surface area contributed by atoms with E-state index < -0.39 is 5.91 Å². The van der Waals surface area contributed by atoms with Gasteiger partial charge in [0.05, 0.1) is 20.4 Å². The van der Waals surface area contributed by atoms with Gasteiger partial charge in [-0.15, -0.1) is 0 Å². The summed E-state index contributed by atoms with van der Waals surface area (Å²) >= 11 is 0. The van der Waals surface area contributed by atoms with Crippen molar-refractivity contribution < 1.29 is 23.5 Å². The van der Waals surface area contributed by atoms with Crippen LogP contribution >= 0.6 is 0 Å². The molecule has 0 spiro atoms. The zero-order valence-electron chi connectivity index (χ0n) is 14.2. The quantitative estimate of drug-likeness (QED) is 0.618. The molecule has 2 aromatic carbocycles. The molecule has 0 bridgehead atoms. The number of ether oxygens (including phenoxy) is 2. The number of benzene rings is 2. The zero-order chi connectivity index (χ0) is 18.2. The Morgan fingerprint density at radius 2 is 1.92 bits per heavy atom. The third kappa shape index (κ3) is 5.20. The Kier molecular flexibility index (Phi) is 6.33. The first-order valence-corrected chi connectivity index (χ1v) is 7.47. The van der Waals surface area contributed by atoms with E-state index in [4.69, 9.17) is 14.3 Å². The Hall–Kier alpha value is -3.09. The number of carbonyl (C=O) groups excluding carboxylic acids is 1. The number of hydrogen-bond acceptors (Lipinski definition) is 5. The molecular weight excluding hydrogens is 327 g/mol. The smallest absolute Gasteiger partial charge is 0.265 e. The Balaban J connectivity index is 1.86. The van der Waals surface area contributed by atoms with Gasteiger partial charge in [0.25, 0.3) is 5.91 Å². The van der Waals surface area contributed by atoms with Crippen LogP contribution in [0.5, 0.6) is 11.5 Å². The standard InChI is InChI=1S/C18H19FN2O4/c1-12-4-6-14(9-15(12)19)21-18(22)11-25-20-10-13-5-7-16(23-2)17(8-13)24-3/h4-10H,11H2,1-3H3,(H,21,22)/b20-10-. The minimum atomic E-state index is -0.437. The van der Waals surface area contributed by atoms with E-state index in [1.165, 1.54) is 19.4 Å². The number of hydrogen-bond donors (Lipinski definition) is 1. The lowest BCUT2D eigenvalue weighted by Crippen LogP contribution is -2.17. The number of amides is 1. The summed E-state index contributed by atoms with van der Waals surface area (Å²) in [7, 11) is 3.08. The fourth-order valence-electron chi connectivity index (χ4n) is 1.99. The molecule has 0 aromatic heterocycles. The molecule has 0 saturated carbocycles. The summed E-state index contributed by atoms with van der Waals surface area (Å²) < 4.78 is 23.7. The van der Waals surface area contributed by atoms with Crippen LogP contribution in [0.2, 0.25) is 0 Å². The first kappa shape index (κ1) is 18.3. The lowest BCUT2D eigenvalue weighted by molar-refractivity contribution is -0.120. The number of rotatable bonds is 7. The molecule has 0 atom stereocenters. The topological polar surface area (TPSA) is 69.2 Å². The Labute approximate surface area is 145 Å². The van der Waals surface area contributed by atoms with Gasteiger partial charge in [-0.1, -0.05) is 11.2 Å². The van der Waals surface area contributed by atoms with E-state index in [-0.39, 0.29) is 12.4 Å². The monoisotopic (exact) mass is 346 g/mol. The van der Waals surface area contributed by atoms with Gasteiger partial charge in [-0.05, 0) is 42.8 Å². The highest BCUT2D eigenvalue weighted by Gasteiger charge is 2.06. The van der Waals surface area contributed by atoms with Gasteiger partial charge in [0.1, 0.15) is 5.82 Å². The van der Waals surface area contributed by atoms with E-state index in [2.05, 4.69) is 10.5 Å². The van der Waals surface area contributed by atoms with E-state index in [1.54, 1.807) is 44.4 Å². The van der Waals surface area contributed by atoms with Gasteiger partial charge in [0.2, 0.25) is 0 Å². The molecule has 2 aromatic rings. The molecule has 2 rings (SSSR count). The number of methoxy groups -OCH3 is 2. The first-order chi connectivity index (χ1) is 12.0. The van der Waals surface area contributed by atoms with Crippen LogP contribution in [0.25, 0.3) is 0 Å². The molecule has 1 amide bonds. The average molecular weight is 346 g/mol. The van der Waals surface area contributed by atoms with Crippen LogP contribution < -0.4 is 14.8 Å². The molecule has 0 radical (unpaired) electrons. The fraction of sp³-hybridized carbons (Fsp3) is 0.222. The largest absolute Gasteiger partial charge is 0.493 e. The number of halogens is 1. The fourth-order valence-corrected chi connectivity index (χ4v) is 1.99. The molecule has 0 aliphatic carbocycles. The maximum absolute atomic E-state index is 13.4. The summed E-state index contributed by atoms with van der Waals surface area (Å²) in [6.07, 6.45) is 1.45. The molecular formula is C18H19FN2O4. The molecule has 0 saturated heterocycles. The normalized spacial score (nSPS) is 10.6. The predicted molar refractivity (Wildman–Crippen MR) is 92.9 cm³/mol. The van der Waals surface area contributed by atoms with E-state index in [9.17, 15) is 9.18 Å². The van der Waals surface area contributed by atoms with Crippen molar-refractivity contribution in [1.82, 2.24) is 0 Å². The number of aryl methyl sites for hydroxylation is 1. The molecule has 0 fully saturated rings. The second kappa shape index (κ2) is 8.68. The summed E-state index contributed by atoms with van der Waals surface area (Å²) in [6, 6.07) is 9.67. The Morgan fingerprint density at radius 1 is 1.16 bits per heavy atom. The highest BCUT2D eigenvalue weighted by atomic mass is 19.1. The molecule has 0 aliphatic heterocycles. The van der Waals surface area contributed by atoms with Crippen LogP contribution in [0.1, 0.15) is 11.1 Å². The lowest BCUT2D eigenvalue weighted by Gasteiger charge is -2.07. The Morgan fingerprint density at radius 3 is 2.60 bits per heavy atom.